The van der Waals surface area contributed by atoms with Gasteiger partial charge in [0, 0.05) is 5.69 Å². The third kappa shape index (κ3) is 3.17. The Labute approximate surface area is 133 Å². The van der Waals surface area contributed by atoms with E-state index < -0.39 is 10.0 Å². The monoisotopic (exact) mass is 317 g/mol. The summed E-state index contributed by atoms with van der Waals surface area (Å²) in [4.78, 5) is 0.395. The third-order valence-corrected chi connectivity index (χ3v) is 5.81. The second kappa shape index (κ2) is 6.13. The van der Waals surface area contributed by atoms with Crippen molar-refractivity contribution in [2.75, 3.05) is 4.72 Å². The molecule has 0 aromatic heterocycles. The number of anilines is 1. The molecule has 0 unspecified atom stereocenters. The Morgan fingerprint density at radius 2 is 1.55 bits per heavy atom. The largest absolute Gasteiger partial charge is 0.280 e. The van der Waals surface area contributed by atoms with E-state index >= 15 is 0 Å². The SMILES string of the molecule is CCc1cccc(NS(=O)(=O)c2c(C)c(C)cc(C)c2C)c1. The number of benzene rings is 2. The summed E-state index contributed by atoms with van der Waals surface area (Å²) in [5.74, 6) is 0. The molecule has 0 fully saturated rings. The van der Waals surface area contributed by atoms with Crippen molar-refractivity contribution in [3.63, 3.8) is 0 Å². The molecule has 2 aromatic rings. The molecule has 4 heteroatoms. The minimum atomic E-state index is -3.59. The van der Waals surface area contributed by atoms with Crippen LogP contribution in [-0.4, -0.2) is 8.42 Å². The molecule has 0 aliphatic heterocycles. The minimum Gasteiger partial charge on any atom is -0.280 e. The zero-order valence-corrected chi connectivity index (χ0v) is 14.6. The van der Waals surface area contributed by atoms with E-state index in [-0.39, 0.29) is 0 Å². The molecule has 22 heavy (non-hydrogen) atoms. The van der Waals surface area contributed by atoms with Crippen molar-refractivity contribution < 1.29 is 8.42 Å². The van der Waals surface area contributed by atoms with E-state index in [2.05, 4.69) is 4.72 Å². The molecule has 2 rings (SSSR count). The molecule has 3 nitrogen and oxygen atoms in total. The average molecular weight is 317 g/mol. The molecule has 0 spiro atoms. The van der Waals surface area contributed by atoms with Crippen molar-refractivity contribution in [1.82, 2.24) is 0 Å². The molecule has 0 saturated carbocycles. The van der Waals surface area contributed by atoms with Crippen molar-refractivity contribution in [2.45, 2.75) is 45.9 Å². The van der Waals surface area contributed by atoms with Gasteiger partial charge in [0.2, 0.25) is 0 Å². The summed E-state index contributed by atoms with van der Waals surface area (Å²) in [6.07, 6.45) is 0.872. The molecule has 2 aromatic carbocycles. The lowest BCUT2D eigenvalue weighted by atomic mass is 10.0. The highest BCUT2D eigenvalue weighted by Gasteiger charge is 2.22. The molecular formula is C18H23NO2S. The molecule has 0 aliphatic rings. The van der Waals surface area contributed by atoms with Crippen LogP contribution in [0, 0.1) is 27.7 Å². The standard InChI is InChI=1S/C18H23NO2S/c1-6-16-8-7-9-17(11-16)19-22(20,21)18-14(4)12(2)10-13(3)15(18)5/h7-11,19H,6H2,1-5H3. The Balaban J connectivity index is 2.52. The molecule has 1 N–H and O–H groups in total. The van der Waals surface area contributed by atoms with Gasteiger partial charge in [0.05, 0.1) is 4.90 Å². The van der Waals surface area contributed by atoms with Crippen molar-refractivity contribution in [3.8, 4) is 0 Å². The van der Waals surface area contributed by atoms with Gasteiger partial charge < -0.3 is 0 Å². The van der Waals surface area contributed by atoms with Gasteiger partial charge in [-0.1, -0.05) is 25.1 Å². The summed E-state index contributed by atoms with van der Waals surface area (Å²) in [5, 5.41) is 0. The molecule has 0 saturated heterocycles. The lowest BCUT2D eigenvalue weighted by Gasteiger charge is -2.17. The van der Waals surface area contributed by atoms with Gasteiger partial charge in [0.1, 0.15) is 0 Å². The van der Waals surface area contributed by atoms with Gasteiger partial charge in [-0.15, -0.1) is 0 Å². The summed E-state index contributed by atoms with van der Waals surface area (Å²) in [6, 6.07) is 9.55. The molecule has 0 heterocycles. The molecule has 0 atom stereocenters. The fraction of sp³-hybridized carbons (Fsp3) is 0.333. The van der Waals surface area contributed by atoms with Crippen LogP contribution in [0.25, 0.3) is 0 Å². The highest BCUT2D eigenvalue weighted by molar-refractivity contribution is 7.92. The van der Waals surface area contributed by atoms with Crippen molar-refractivity contribution >= 4 is 15.7 Å². The van der Waals surface area contributed by atoms with Gasteiger partial charge in [-0.2, -0.15) is 0 Å². The lowest BCUT2D eigenvalue weighted by Crippen LogP contribution is -2.17. The van der Waals surface area contributed by atoms with Crippen LogP contribution in [0.15, 0.2) is 35.2 Å². The molecule has 118 valence electrons. The zero-order chi connectivity index (χ0) is 16.5. The van der Waals surface area contributed by atoms with Crippen molar-refractivity contribution in [3.05, 3.63) is 58.1 Å². The number of rotatable bonds is 4. The van der Waals surface area contributed by atoms with Crippen LogP contribution in [0.1, 0.15) is 34.7 Å². The van der Waals surface area contributed by atoms with Crippen LogP contribution in [0.3, 0.4) is 0 Å². The van der Waals surface area contributed by atoms with E-state index in [9.17, 15) is 8.42 Å². The maximum atomic E-state index is 12.8. The summed E-state index contributed by atoms with van der Waals surface area (Å²) in [5.41, 5.74) is 5.31. The van der Waals surface area contributed by atoms with E-state index in [1.165, 1.54) is 0 Å². The van der Waals surface area contributed by atoms with E-state index in [1.54, 1.807) is 6.07 Å². The van der Waals surface area contributed by atoms with Gasteiger partial charge in [0.15, 0.2) is 0 Å². The van der Waals surface area contributed by atoms with Crippen molar-refractivity contribution in [1.29, 1.82) is 0 Å². The predicted molar refractivity (Wildman–Crippen MR) is 92.0 cm³/mol. The summed E-state index contributed by atoms with van der Waals surface area (Å²) < 4.78 is 28.4. The number of sulfonamides is 1. The van der Waals surface area contributed by atoms with E-state index in [4.69, 9.17) is 0 Å². The highest BCUT2D eigenvalue weighted by Crippen LogP contribution is 2.28. The Hall–Kier alpha value is -1.81. The summed E-state index contributed by atoms with van der Waals surface area (Å²) in [7, 11) is -3.59. The van der Waals surface area contributed by atoms with Gasteiger partial charge >= 0.3 is 0 Å². The average Bonchev–Trinajstić information content (AvgIpc) is 2.45. The number of nitrogens with one attached hydrogen (secondary N) is 1. The first-order valence-corrected chi connectivity index (χ1v) is 8.93. The lowest BCUT2D eigenvalue weighted by molar-refractivity contribution is 0.599. The first-order chi connectivity index (χ1) is 10.3. The van der Waals surface area contributed by atoms with Crippen LogP contribution in [-0.2, 0) is 16.4 Å². The first kappa shape index (κ1) is 16.6. The van der Waals surface area contributed by atoms with Crippen LogP contribution in [0.5, 0.6) is 0 Å². The smallest absolute Gasteiger partial charge is 0.262 e. The fourth-order valence-electron chi connectivity index (χ4n) is 2.64. The molecule has 0 bridgehead atoms. The second-order valence-electron chi connectivity index (χ2n) is 5.75. The normalized spacial score (nSPS) is 11.5. The van der Waals surface area contributed by atoms with E-state index in [0.29, 0.717) is 10.6 Å². The molecular weight excluding hydrogens is 294 g/mol. The third-order valence-electron chi connectivity index (χ3n) is 4.15. The maximum absolute atomic E-state index is 12.8. The predicted octanol–water partition coefficient (Wildman–Crippen LogP) is 4.28. The van der Waals surface area contributed by atoms with Crippen molar-refractivity contribution in [2.24, 2.45) is 0 Å². The van der Waals surface area contributed by atoms with Crippen LogP contribution in [0.2, 0.25) is 0 Å². The van der Waals surface area contributed by atoms with Gasteiger partial charge in [-0.25, -0.2) is 8.42 Å². The molecule has 0 aliphatic carbocycles. The second-order valence-corrected chi connectivity index (χ2v) is 7.37. The maximum Gasteiger partial charge on any atom is 0.262 e. The summed E-state index contributed by atoms with van der Waals surface area (Å²) >= 11 is 0. The van der Waals surface area contributed by atoms with E-state index in [0.717, 1.165) is 34.2 Å². The zero-order valence-electron chi connectivity index (χ0n) is 13.8. The van der Waals surface area contributed by atoms with Crippen LogP contribution >= 0.6 is 0 Å². The van der Waals surface area contributed by atoms with Gasteiger partial charge in [0.25, 0.3) is 10.0 Å². The minimum absolute atomic E-state index is 0.395. The Bertz CT molecular complexity index is 782. The number of hydrogen-bond donors (Lipinski definition) is 1. The Kier molecular flexibility index (Phi) is 4.61. The van der Waals surface area contributed by atoms with Crippen LogP contribution in [0.4, 0.5) is 5.69 Å². The number of aryl methyl sites for hydroxylation is 3. The van der Waals surface area contributed by atoms with Gasteiger partial charge in [-0.3, -0.25) is 4.72 Å². The topological polar surface area (TPSA) is 46.2 Å². The quantitative estimate of drug-likeness (QED) is 0.914. The fourth-order valence-corrected chi connectivity index (χ4v) is 4.31. The van der Waals surface area contributed by atoms with Crippen LogP contribution < -0.4 is 4.72 Å². The molecule has 0 amide bonds. The first-order valence-electron chi connectivity index (χ1n) is 7.45. The van der Waals surface area contributed by atoms with Gasteiger partial charge in [-0.05, 0) is 74.1 Å². The highest BCUT2D eigenvalue weighted by atomic mass is 32.2. The summed E-state index contributed by atoms with van der Waals surface area (Å²) in [6.45, 7) is 9.65. The Morgan fingerprint density at radius 3 is 2.09 bits per heavy atom. The Morgan fingerprint density at radius 1 is 0.955 bits per heavy atom. The van der Waals surface area contributed by atoms with E-state index in [1.807, 2.05) is 58.9 Å². The number of hydrogen-bond acceptors (Lipinski definition) is 2. The molecule has 0 radical (unpaired) electrons.